The molecular weight excluding hydrogens is 848 g/mol. The van der Waals surface area contributed by atoms with E-state index in [2.05, 4.69) is 56.8 Å². The van der Waals surface area contributed by atoms with Gasteiger partial charge in [0.25, 0.3) is 0 Å². The van der Waals surface area contributed by atoms with E-state index in [4.69, 9.17) is 15.1 Å². The van der Waals surface area contributed by atoms with Crippen LogP contribution < -0.4 is 0 Å². The van der Waals surface area contributed by atoms with Crippen LogP contribution in [0.3, 0.4) is 0 Å². The molecule has 0 aromatic heterocycles. The van der Waals surface area contributed by atoms with E-state index in [9.17, 15) is 15.3 Å². The molecule has 2 unspecified atom stereocenters. The van der Waals surface area contributed by atoms with E-state index in [0.717, 1.165) is 43.4 Å². The number of phenolic OH excluding ortho intramolecular Hbond substituents is 4. The zero-order valence-electron chi connectivity index (χ0n) is 35.7. The van der Waals surface area contributed by atoms with Gasteiger partial charge in [0, 0.05) is 94.8 Å². The standard InChI is InChI=1S/C33H40N2O2.C9H11NO.C8H9NO.2Cu/c1-22-14-15-26(19-31(22,2)3)33(34-20-23-10-6-8-12-29(23)36,35-21-24-11-7-9-13-30(24)37)27-17-16-25-18-28(27)32(25,4)5;1-2-10-7-8-5-3-4-6-9(8)11;1-9-6-7-4-2-3-5-8(7)10;;/h6-13,15,17,20-22,25,28,36-37H,14,16,18-19H2,1-5H3;3-7,11H,2H2,1H3;2-6,10H,1H3;;/b34-20+,35-21+;;;;/t22-,25?,28?;;;;/m1..../s1. The van der Waals surface area contributed by atoms with Gasteiger partial charge in [0.1, 0.15) is 23.0 Å². The minimum atomic E-state index is -0.921. The van der Waals surface area contributed by atoms with Crippen LogP contribution in [0.25, 0.3) is 0 Å². The summed E-state index contributed by atoms with van der Waals surface area (Å²) < 4.78 is 0. The molecule has 0 heterocycles. The molecular formula is C50H60Cu2N4O4. The van der Waals surface area contributed by atoms with Gasteiger partial charge in [-0.2, -0.15) is 0 Å². The maximum atomic E-state index is 10.5. The molecule has 4 aromatic carbocycles. The van der Waals surface area contributed by atoms with E-state index < -0.39 is 5.66 Å². The van der Waals surface area contributed by atoms with E-state index in [1.165, 1.54) is 11.1 Å². The van der Waals surface area contributed by atoms with Crippen molar-refractivity contribution in [2.75, 3.05) is 13.6 Å². The summed E-state index contributed by atoms with van der Waals surface area (Å²) in [5.41, 5.74) is 4.73. The van der Waals surface area contributed by atoms with E-state index in [0.29, 0.717) is 28.9 Å². The Balaban J connectivity index is 0.000000342. The first-order valence-electron chi connectivity index (χ1n) is 20.3. The molecule has 8 rings (SSSR count). The minimum Gasteiger partial charge on any atom is -0.507 e. The fourth-order valence-electron chi connectivity index (χ4n) is 7.96. The fourth-order valence-corrected chi connectivity index (χ4v) is 7.96. The van der Waals surface area contributed by atoms with Gasteiger partial charge in [-0.25, -0.2) is 0 Å². The molecule has 0 saturated heterocycles. The van der Waals surface area contributed by atoms with Crippen molar-refractivity contribution in [3.05, 3.63) is 143 Å². The Morgan fingerprint density at radius 3 is 1.45 bits per heavy atom. The summed E-state index contributed by atoms with van der Waals surface area (Å²) in [6.07, 6.45) is 15.7. The number of para-hydroxylation sites is 4. The fraction of sp³-hybridized carbons (Fsp3) is 0.360. The molecule has 4 aliphatic rings. The monoisotopic (exact) mass is 906 g/mol. The Hall–Kier alpha value is -4.72. The SMILES string of the molecule is CCN=Cc1ccccc1O.CN=Cc1ccccc1O.C[C@@H]1CC=C(C(/N=C/c2ccccc2O)(/N=C/c2ccccc2O)C2=CCC3CC2C3(C)C)CC1(C)C.[Cu].[Cu]. The van der Waals surface area contributed by atoms with Crippen molar-refractivity contribution in [1.82, 2.24) is 0 Å². The second-order valence-corrected chi connectivity index (χ2v) is 16.7. The van der Waals surface area contributed by atoms with Crippen molar-refractivity contribution < 1.29 is 54.6 Å². The maximum Gasteiger partial charge on any atom is 0.193 e. The third-order valence-electron chi connectivity index (χ3n) is 12.2. The smallest absolute Gasteiger partial charge is 0.193 e. The molecule has 2 bridgehead atoms. The summed E-state index contributed by atoms with van der Waals surface area (Å²) in [5.74, 6) is 2.61. The van der Waals surface area contributed by atoms with Gasteiger partial charge < -0.3 is 20.4 Å². The van der Waals surface area contributed by atoms with Crippen LogP contribution in [-0.4, -0.2) is 64.5 Å². The Kier molecular flexibility index (Phi) is 18.4. The number of benzene rings is 4. The predicted molar refractivity (Wildman–Crippen MR) is 240 cm³/mol. The Labute approximate surface area is 378 Å². The Morgan fingerprint density at radius 1 is 0.633 bits per heavy atom. The van der Waals surface area contributed by atoms with Gasteiger partial charge in [-0.1, -0.05) is 95.3 Å². The molecule has 0 aliphatic heterocycles. The quantitative estimate of drug-likeness (QED) is 0.0757. The first-order chi connectivity index (χ1) is 27.7. The number of allylic oxidation sites excluding steroid dienone is 2. The van der Waals surface area contributed by atoms with Crippen LogP contribution in [0.15, 0.2) is 140 Å². The third kappa shape index (κ3) is 11.8. The summed E-state index contributed by atoms with van der Waals surface area (Å²) in [6.45, 7) is 14.5. The van der Waals surface area contributed by atoms with E-state index in [1.807, 2.05) is 67.6 Å². The molecule has 4 aromatic rings. The summed E-state index contributed by atoms with van der Waals surface area (Å²) in [4.78, 5) is 18.4. The Morgan fingerprint density at radius 2 is 1.07 bits per heavy atom. The van der Waals surface area contributed by atoms with E-state index in [-0.39, 0.29) is 68.0 Å². The van der Waals surface area contributed by atoms with Crippen LogP contribution in [0, 0.1) is 28.6 Å². The second-order valence-electron chi connectivity index (χ2n) is 16.7. The number of hydrogen-bond donors (Lipinski definition) is 4. The zero-order valence-corrected chi connectivity index (χ0v) is 37.5. The average molecular weight is 908 g/mol. The number of rotatable bonds is 9. The van der Waals surface area contributed by atoms with Crippen molar-refractivity contribution in [3.8, 4) is 23.0 Å². The molecule has 60 heavy (non-hydrogen) atoms. The number of nitrogens with zero attached hydrogens (tertiary/aromatic N) is 4. The van der Waals surface area contributed by atoms with Crippen molar-refractivity contribution >= 4 is 24.9 Å². The van der Waals surface area contributed by atoms with E-state index in [1.54, 1.807) is 68.3 Å². The first kappa shape index (κ1) is 49.6. The molecule has 1 fully saturated rings. The first-order valence-corrected chi connectivity index (χ1v) is 20.3. The largest absolute Gasteiger partial charge is 0.507 e. The predicted octanol–water partition coefficient (Wildman–Crippen LogP) is 11.0. The molecule has 8 nitrogen and oxygen atoms in total. The third-order valence-corrected chi connectivity index (χ3v) is 12.2. The molecule has 4 aliphatic carbocycles. The molecule has 2 radical (unpaired) electrons. The van der Waals surface area contributed by atoms with Crippen LogP contribution in [-0.2, 0) is 34.1 Å². The summed E-state index contributed by atoms with van der Waals surface area (Å²) in [5, 5.41) is 39.5. The van der Waals surface area contributed by atoms with Crippen LogP contribution >= 0.6 is 0 Å². The summed E-state index contributed by atoms with van der Waals surface area (Å²) in [6, 6.07) is 28.9. The Bertz CT molecular complexity index is 2150. The van der Waals surface area contributed by atoms with Gasteiger partial charge in [0.05, 0.1) is 0 Å². The van der Waals surface area contributed by atoms with Crippen LogP contribution in [0.1, 0.15) is 89.5 Å². The normalized spacial score (nSPS) is 20.1. The molecule has 1 saturated carbocycles. The molecule has 3 atom stereocenters. The zero-order chi connectivity index (χ0) is 41.9. The van der Waals surface area contributed by atoms with Crippen LogP contribution in [0.2, 0.25) is 0 Å². The summed E-state index contributed by atoms with van der Waals surface area (Å²) in [7, 11) is 1.67. The number of phenols is 4. The molecule has 10 heteroatoms. The summed E-state index contributed by atoms with van der Waals surface area (Å²) >= 11 is 0. The van der Waals surface area contributed by atoms with Crippen molar-refractivity contribution in [2.24, 2.45) is 48.6 Å². The maximum absolute atomic E-state index is 10.5. The van der Waals surface area contributed by atoms with Crippen molar-refractivity contribution in [2.45, 2.75) is 72.9 Å². The van der Waals surface area contributed by atoms with Gasteiger partial charge in [-0.3, -0.25) is 20.0 Å². The minimum absolute atomic E-state index is 0. The topological polar surface area (TPSA) is 130 Å². The van der Waals surface area contributed by atoms with Crippen molar-refractivity contribution in [1.29, 1.82) is 0 Å². The molecule has 0 spiro atoms. The van der Waals surface area contributed by atoms with Crippen LogP contribution in [0.5, 0.6) is 23.0 Å². The van der Waals surface area contributed by atoms with Gasteiger partial charge in [-0.15, -0.1) is 0 Å². The van der Waals surface area contributed by atoms with Crippen LogP contribution in [0.4, 0.5) is 0 Å². The van der Waals surface area contributed by atoms with Crippen molar-refractivity contribution in [3.63, 3.8) is 0 Å². The average Bonchev–Trinajstić information content (AvgIpc) is 3.21. The molecule has 0 amide bonds. The number of aromatic hydroxyl groups is 4. The van der Waals surface area contributed by atoms with Gasteiger partial charge >= 0.3 is 0 Å². The molecule has 4 N–H and O–H groups in total. The van der Waals surface area contributed by atoms with Gasteiger partial charge in [-0.05, 0) is 121 Å². The van der Waals surface area contributed by atoms with Gasteiger partial charge in [0.15, 0.2) is 5.66 Å². The number of hydrogen-bond acceptors (Lipinski definition) is 8. The second kappa shape index (κ2) is 22.2. The number of aliphatic imine (C=N–C) groups is 4. The van der Waals surface area contributed by atoms with Gasteiger partial charge in [0.2, 0.25) is 0 Å². The molecule has 326 valence electrons. The van der Waals surface area contributed by atoms with E-state index >= 15 is 0 Å². The number of fused-ring (bicyclic) bond motifs is 1.